The van der Waals surface area contributed by atoms with Crippen molar-refractivity contribution in [1.82, 2.24) is 0 Å². The van der Waals surface area contributed by atoms with Crippen molar-refractivity contribution in [3.63, 3.8) is 0 Å². The van der Waals surface area contributed by atoms with E-state index < -0.39 is 0 Å². The zero-order chi connectivity index (χ0) is 18.2. The lowest BCUT2D eigenvalue weighted by Crippen LogP contribution is -2.11. The number of nitrogens with zero attached hydrogens (tertiary/aromatic N) is 4. The Morgan fingerprint density at radius 1 is 0.808 bits per heavy atom. The van der Waals surface area contributed by atoms with Gasteiger partial charge in [-0.3, -0.25) is 4.79 Å². The van der Waals surface area contributed by atoms with E-state index in [1.165, 1.54) is 0 Å². The third-order valence-electron chi connectivity index (χ3n) is 4.80. The Morgan fingerprint density at radius 3 is 1.73 bits per heavy atom. The molecule has 26 heavy (non-hydrogen) atoms. The van der Waals surface area contributed by atoms with Crippen LogP contribution in [0.2, 0.25) is 0 Å². The van der Waals surface area contributed by atoms with Gasteiger partial charge < -0.3 is 4.74 Å². The molecule has 6 heteroatoms. The number of hydrogen-bond donors (Lipinski definition) is 0. The molecule has 0 saturated carbocycles. The highest BCUT2D eigenvalue weighted by atomic mass is 16.5. The Kier molecular flexibility index (Phi) is 3.90. The highest BCUT2D eigenvalue weighted by Gasteiger charge is 2.36. The number of carbonyl (C=O) groups excluding carboxylic acids is 1. The highest BCUT2D eigenvalue weighted by Crippen LogP contribution is 2.39. The zero-order valence-corrected chi connectivity index (χ0v) is 14.8. The lowest BCUT2D eigenvalue weighted by molar-refractivity contribution is -0.142. The van der Waals surface area contributed by atoms with E-state index in [0.29, 0.717) is 13.0 Å². The van der Waals surface area contributed by atoms with Crippen LogP contribution in [0, 0.1) is 0 Å². The first-order chi connectivity index (χ1) is 12.5. The molecule has 2 aromatic carbocycles. The maximum absolute atomic E-state index is 12.0. The predicted molar refractivity (Wildman–Crippen MR) is 95.7 cm³/mol. The molecule has 132 valence electrons. The molecule has 2 aliphatic rings. The standard InChI is InChI=1S/C20H20N4O2/c1-19(21-22-19)16-7-3-14(4-8-16)11-12-26-18(25)13-15-5-9-17(10-6-15)20(2)23-24-20/h3-10H,11-13H2,1-2H3. The van der Waals surface area contributed by atoms with E-state index in [9.17, 15) is 4.79 Å². The summed E-state index contributed by atoms with van der Waals surface area (Å²) in [6.07, 6.45) is 0.961. The summed E-state index contributed by atoms with van der Waals surface area (Å²) >= 11 is 0. The van der Waals surface area contributed by atoms with E-state index in [0.717, 1.165) is 22.3 Å². The Hall–Kier alpha value is -2.89. The van der Waals surface area contributed by atoms with Crippen LogP contribution in [0.4, 0.5) is 0 Å². The van der Waals surface area contributed by atoms with Crippen LogP contribution in [0.1, 0.15) is 36.1 Å². The van der Waals surface area contributed by atoms with Gasteiger partial charge in [0.1, 0.15) is 0 Å². The molecule has 0 saturated heterocycles. The molecule has 2 heterocycles. The number of carbonyl (C=O) groups is 1. The third-order valence-corrected chi connectivity index (χ3v) is 4.80. The van der Waals surface area contributed by atoms with Crippen molar-refractivity contribution in [2.75, 3.05) is 6.61 Å². The normalized spacial score (nSPS) is 17.8. The van der Waals surface area contributed by atoms with Crippen molar-refractivity contribution < 1.29 is 9.53 Å². The number of hydrogen-bond acceptors (Lipinski definition) is 6. The SMILES string of the molecule is CC1(c2ccc(CCOC(=O)Cc3ccc(C4(C)N=N4)cc3)cc2)N=N1. The molecular formula is C20H20N4O2. The number of rotatable bonds is 7. The van der Waals surface area contributed by atoms with Gasteiger partial charge in [-0.05, 0) is 25.0 Å². The first kappa shape index (κ1) is 16.6. The van der Waals surface area contributed by atoms with Gasteiger partial charge >= 0.3 is 5.97 Å². The highest BCUT2D eigenvalue weighted by molar-refractivity contribution is 5.72. The van der Waals surface area contributed by atoms with Gasteiger partial charge in [0, 0.05) is 17.5 Å². The Bertz CT molecular complexity index is 873. The number of esters is 1. The molecule has 2 aromatic rings. The monoisotopic (exact) mass is 348 g/mol. The molecule has 0 unspecified atom stereocenters. The summed E-state index contributed by atoms with van der Waals surface area (Å²) < 4.78 is 5.36. The summed E-state index contributed by atoms with van der Waals surface area (Å²) in [6, 6.07) is 15.9. The molecule has 2 aliphatic heterocycles. The van der Waals surface area contributed by atoms with Crippen LogP contribution in [-0.2, 0) is 33.7 Å². The van der Waals surface area contributed by atoms with Crippen LogP contribution in [0.5, 0.6) is 0 Å². The molecular weight excluding hydrogens is 328 g/mol. The van der Waals surface area contributed by atoms with Crippen molar-refractivity contribution >= 4 is 5.97 Å². The van der Waals surface area contributed by atoms with Crippen LogP contribution in [0.3, 0.4) is 0 Å². The molecule has 0 radical (unpaired) electrons. The predicted octanol–water partition coefficient (Wildman–Crippen LogP) is 4.29. The minimum Gasteiger partial charge on any atom is -0.465 e. The van der Waals surface area contributed by atoms with Crippen molar-refractivity contribution in [2.45, 2.75) is 38.0 Å². The van der Waals surface area contributed by atoms with Crippen molar-refractivity contribution in [2.24, 2.45) is 20.5 Å². The average Bonchev–Trinajstić information content (AvgIpc) is 3.56. The van der Waals surface area contributed by atoms with E-state index >= 15 is 0 Å². The minimum absolute atomic E-state index is 0.218. The summed E-state index contributed by atoms with van der Waals surface area (Å²) in [5.74, 6) is -0.218. The van der Waals surface area contributed by atoms with Gasteiger partial charge in [-0.1, -0.05) is 48.5 Å². The number of benzene rings is 2. The topological polar surface area (TPSA) is 75.7 Å². The van der Waals surface area contributed by atoms with Gasteiger partial charge in [0.2, 0.25) is 11.3 Å². The Morgan fingerprint density at radius 2 is 1.27 bits per heavy atom. The van der Waals surface area contributed by atoms with Gasteiger partial charge in [0.05, 0.1) is 13.0 Å². The molecule has 0 N–H and O–H groups in total. The molecule has 0 fully saturated rings. The van der Waals surface area contributed by atoms with E-state index in [-0.39, 0.29) is 23.7 Å². The second-order valence-electron chi connectivity index (χ2n) is 6.98. The summed E-state index contributed by atoms with van der Waals surface area (Å²) in [7, 11) is 0. The summed E-state index contributed by atoms with van der Waals surface area (Å²) in [6.45, 7) is 4.31. The third kappa shape index (κ3) is 3.54. The van der Waals surface area contributed by atoms with Crippen LogP contribution < -0.4 is 0 Å². The van der Waals surface area contributed by atoms with Crippen LogP contribution in [0.25, 0.3) is 0 Å². The molecule has 0 aromatic heterocycles. The van der Waals surface area contributed by atoms with Crippen molar-refractivity contribution in [3.8, 4) is 0 Å². The maximum Gasteiger partial charge on any atom is 0.310 e. The van der Waals surface area contributed by atoms with Crippen LogP contribution in [-0.4, -0.2) is 12.6 Å². The second-order valence-corrected chi connectivity index (χ2v) is 6.98. The van der Waals surface area contributed by atoms with Gasteiger partial charge in [0.15, 0.2) is 0 Å². The fourth-order valence-corrected chi connectivity index (χ4v) is 2.81. The van der Waals surface area contributed by atoms with Gasteiger partial charge in [0.25, 0.3) is 0 Å². The maximum atomic E-state index is 12.0. The van der Waals surface area contributed by atoms with E-state index in [4.69, 9.17) is 4.74 Å². The molecule has 0 bridgehead atoms. The van der Waals surface area contributed by atoms with Crippen LogP contribution >= 0.6 is 0 Å². The molecule has 6 nitrogen and oxygen atoms in total. The van der Waals surface area contributed by atoms with E-state index in [2.05, 4.69) is 20.5 Å². The quantitative estimate of drug-likeness (QED) is 0.700. The van der Waals surface area contributed by atoms with E-state index in [1.807, 2.05) is 62.4 Å². The largest absolute Gasteiger partial charge is 0.465 e. The Balaban J connectivity index is 1.22. The van der Waals surface area contributed by atoms with Crippen LogP contribution in [0.15, 0.2) is 69.0 Å². The molecule has 0 aliphatic carbocycles. The minimum atomic E-state index is -0.381. The zero-order valence-electron chi connectivity index (χ0n) is 14.8. The fourth-order valence-electron chi connectivity index (χ4n) is 2.81. The van der Waals surface area contributed by atoms with Crippen molar-refractivity contribution in [1.29, 1.82) is 0 Å². The Labute approximate surface area is 152 Å². The van der Waals surface area contributed by atoms with E-state index in [1.54, 1.807) is 0 Å². The molecule has 0 spiro atoms. The summed E-state index contributed by atoms with van der Waals surface area (Å²) in [5, 5.41) is 16.1. The number of ether oxygens (including phenoxy) is 1. The smallest absolute Gasteiger partial charge is 0.310 e. The lowest BCUT2D eigenvalue weighted by Gasteiger charge is -2.08. The van der Waals surface area contributed by atoms with Gasteiger partial charge in [-0.25, -0.2) is 0 Å². The second kappa shape index (κ2) is 6.12. The first-order valence-electron chi connectivity index (χ1n) is 8.69. The first-order valence-corrected chi connectivity index (χ1v) is 8.69. The molecule has 0 atom stereocenters. The summed E-state index contributed by atoms with van der Waals surface area (Å²) in [4.78, 5) is 12.0. The van der Waals surface area contributed by atoms with Gasteiger partial charge in [-0.15, -0.1) is 0 Å². The lowest BCUT2D eigenvalue weighted by atomic mass is 10.0. The average molecular weight is 348 g/mol. The fraction of sp³-hybridized carbons (Fsp3) is 0.350. The van der Waals surface area contributed by atoms with Crippen molar-refractivity contribution in [3.05, 3.63) is 70.8 Å². The molecule has 0 amide bonds. The van der Waals surface area contributed by atoms with Gasteiger partial charge in [-0.2, -0.15) is 20.5 Å². The summed E-state index contributed by atoms with van der Waals surface area (Å²) in [5.41, 5.74) is 3.45. The molecule has 4 rings (SSSR count).